The molecule has 1 N–H and O–H groups in total. The number of nitrogens with zero attached hydrogens (tertiary/aromatic N) is 2. The summed E-state index contributed by atoms with van der Waals surface area (Å²) in [5.74, 6) is 0.0486. The third kappa shape index (κ3) is 7.16. The van der Waals surface area contributed by atoms with Gasteiger partial charge in [-0.2, -0.15) is 4.31 Å². The topological polar surface area (TPSA) is 79.0 Å². The van der Waals surface area contributed by atoms with Crippen molar-refractivity contribution in [1.82, 2.24) is 14.5 Å². The fraction of sp³-hybridized carbons (Fsp3) is 0.536. The van der Waals surface area contributed by atoms with Gasteiger partial charge in [0.1, 0.15) is 12.4 Å². The van der Waals surface area contributed by atoms with Crippen molar-refractivity contribution in [3.05, 3.63) is 66.0 Å². The van der Waals surface area contributed by atoms with Gasteiger partial charge in [0.2, 0.25) is 15.9 Å². The molecule has 2 fully saturated rings. The van der Waals surface area contributed by atoms with Crippen molar-refractivity contribution in [2.45, 2.75) is 61.6 Å². The van der Waals surface area contributed by atoms with Crippen LogP contribution < -0.4 is 5.32 Å². The number of amides is 1. The van der Waals surface area contributed by atoms with Crippen LogP contribution in [0.2, 0.25) is 0 Å². The lowest BCUT2D eigenvalue weighted by atomic mass is 9.78. The molecule has 2 atom stereocenters. The maximum absolute atomic E-state index is 13.4. The molecule has 1 aliphatic heterocycles. The molecule has 0 radical (unpaired) electrons. The molecule has 2 aliphatic rings. The second-order valence-corrected chi connectivity index (χ2v) is 12.3. The number of carbonyl (C=O) groups is 1. The number of hydrogen-bond donors (Lipinski definition) is 1. The van der Waals surface area contributed by atoms with E-state index < -0.39 is 10.0 Å². The normalized spacial score (nSPS) is 24.1. The Balaban J connectivity index is 1.23. The molecule has 1 aliphatic carbocycles. The Bertz CT molecular complexity index is 1120. The average molecular weight is 532 g/mol. The number of rotatable bonds is 9. The van der Waals surface area contributed by atoms with Gasteiger partial charge >= 0.3 is 0 Å². The Morgan fingerprint density at radius 2 is 1.73 bits per heavy atom. The maximum Gasteiger partial charge on any atom is 0.246 e. The number of halogens is 1. The summed E-state index contributed by atoms with van der Waals surface area (Å²) in [5.41, 5.74) is 1.11. The molecule has 2 unspecified atom stereocenters. The van der Waals surface area contributed by atoms with Gasteiger partial charge in [-0.05, 0) is 88.4 Å². The molecule has 0 aromatic heterocycles. The van der Waals surface area contributed by atoms with Crippen LogP contribution in [0.3, 0.4) is 0 Å². The van der Waals surface area contributed by atoms with E-state index in [0.29, 0.717) is 18.9 Å². The third-order valence-electron chi connectivity index (χ3n) is 7.52. The van der Waals surface area contributed by atoms with Gasteiger partial charge in [-0.25, -0.2) is 12.8 Å². The summed E-state index contributed by atoms with van der Waals surface area (Å²) in [6.45, 7) is 0.642. The largest absolute Gasteiger partial charge is 0.367 e. The number of hydrogen-bond acceptors (Lipinski definition) is 5. The predicted molar refractivity (Wildman–Crippen MR) is 141 cm³/mol. The summed E-state index contributed by atoms with van der Waals surface area (Å²) >= 11 is 0. The fourth-order valence-corrected chi connectivity index (χ4v) is 7.23. The molecule has 7 nitrogen and oxygen atoms in total. The van der Waals surface area contributed by atoms with Crippen LogP contribution in [0.5, 0.6) is 0 Å². The molecule has 1 saturated heterocycles. The number of benzene rings is 2. The van der Waals surface area contributed by atoms with Crippen LogP contribution in [0.25, 0.3) is 0 Å². The number of sulfonamides is 1. The van der Waals surface area contributed by atoms with E-state index >= 15 is 0 Å². The molecule has 2 aromatic carbocycles. The zero-order valence-electron chi connectivity index (χ0n) is 21.7. The van der Waals surface area contributed by atoms with Crippen LogP contribution in [0.15, 0.2) is 59.5 Å². The molecular formula is C28H38FN3O4S. The maximum atomic E-state index is 13.4. The van der Waals surface area contributed by atoms with Crippen LogP contribution in [-0.4, -0.2) is 69.5 Å². The summed E-state index contributed by atoms with van der Waals surface area (Å²) in [6.07, 6.45) is 4.84. The first-order valence-corrected chi connectivity index (χ1v) is 14.6. The molecule has 202 valence electrons. The fourth-order valence-electron chi connectivity index (χ4n) is 5.69. The Hall–Kier alpha value is -2.33. The molecule has 0 spiro atoms. The van der Waals surface area contributed by atoms with Gasteiger partial charge in [0.05, 0.1) is 11.0 Å². The van der Waals surface area contributed by atoms with E-state index in [2.05, 4.69) is 24.3 Å². The molecule has 1 amide bonds. The Kier molecular flexibility index (Phi) is 9.34. The summed E-state index contributed by atoms with van der Waals surface area (Å²) in [5, 5.41) is 3.10. The minimum Gasteiger partial charge on any atom is -0.367 e. The van der Waals surface area contributed by atoms with Crippen LogP contribution in [-0.2, 0) is 19.6 Å². The highest BCUT2D eigenvalue weighted by Gasteiger charge is 2.32. The van der Waals surface area contributed by atoms with Crippen molar-refractivity contribution >= 4 is 15.9 Å². The standard InChI is InChI=1S/C28H38FN3O4S/c1-31(2)28(21-10-14-23(29)15-11-21)22-12-16-24(17-13-22)30-27(33)20-36-25-7-6-18-32(19-25)37(34,35)26-8-4-3-5-9-26/h3-5,8-11,14-15,22,24-25,28H,6-7,12-13,16-20H2,1-2H3,(H,30,33). The summed E-state index contributed by atoms with van der Waals surface area (Å²) in [4.78, 5) is 15.1. The molecule has 9 heteroatoms. The van der Waals surface area contributed by atoms with Crippen molar-refractivity contribution in [2.24, 2.45) is 5.92 Å². The van der Waals surface area contributed by atoms with Crippen LogP contribution >= 0.6 is 0 Å². The molecule has 2 aromatic rings. The van der Waals surface area contributed by atoms with Gasteiger partial charge in [-0.3, -0.25) is 4.79 Å². The lowest BCUT2D eigenvalue weighted by Crippen LogP contribution is -2.45. The second kappa shape index (κ2) is 12.5. The van der Waals surface area contributed by atoms with E-state index in [1.54, 1.807) is 30.3 Å². The van der Waals surface area contributed by atoms with Crippen molar-refractivity contribution < 1.29 is 22.3 Å². The predicted octanol–water partition coefficient (Wildman–Crippen LogP) is 3.97. The van der Waals surface area contributed by atoms with E-state index in [1.165, 1.54) is 16.4 Å². The first kappa shape index (κ1) is 27.7. The average Bonchev–Trinajstić information content (AvgIpc) is 2.90. The smallest absolute Gasteiger partial charge is 0.246 e. The molecule has 37 heavy (non-hydrogen) atoms. The van der Waals surface area contributed by atoms with Gasteiger partial charge in [0.15, 0.2) is 0 Å². The SMILES string of the molecule is CN(C)C(c1ccc(F)cc1)C1CCC(NC(=O)COC2CCCN(S(=O)(=O)c3ccccc3)C2)CC1. The highest BCUT2D eigenvalue weighted by molar-refractivity contribution is 7.89. The minimum absolute atomic E-state index is 0.0697. The first-order chi connectivity index (χ1) is 17.7. The van der Waals surface area contributed by atoms with Crippen molar-refractivity contribution in [2.75, 3.05) is 33.8 Å². The van der Waals surface area contributed by atoms with Crippen LogP contribution in [0, 0.1) is 11.7 Å². The van der Waals surface area contributed by atoms with Crippen molar-refractivity contribution in [1.29, 1.82) is 0 Å². The van der Waals surface area contributed by atoms with E-state index in [0.717, 1.165) is 37.7 Å². The Morgan fingerprint density at radius 3 is 2.38 bits per heavy atom. The molecule has 1 saturated carbocycles. The lowest BCUT2D eigenvalue weighted by molar-refractivity contribution is -0.129. The van der Waals surface area contributed by atoms with E-state index in [4.69, 9.17) is 4.74 Å². The second-order valence-electron chi connectivity index (χ2n) is 10.4. The summed E-state index contributed by atoms with van der Waals surface area (Å²) < 4.78 is 46.6. The van der Waals surface area contributed by atoms with E-state index in [9.17, 15) is 17.6 Å². The quantitative estimate of drug-likeness (QED) is 0.530. The number of piperidine rings is 1. The van der Waals surface area contributed by atoms with Crippen LogP contribution in [0.4, 0.5) is 4.39 Å². The van der Waals surface area contributed by atoms with Crippen LogP contribution in [0.1, 0.15) is 50.1 Å². The lowest BCUT2D eigenvalue weighted by Gasteiger charge is -2.38. The molecular weight excluding hydrogens is 493 g/mol. The zero-order valence-corrected chi connectivity index (χ0v) is 22.5. The number of nitrogens with one attached hydrogen (secondary N) is 1. The third-order valence-corrected chi connectivity index (χ3v) is 9.40. The van der Waals surface area contributed by atoms with Crippen molar-refractivity contribution in [3.63, 3.8) is 0 Å². The molecule has 4 rings (SSSR count). The zero-order chi connectivity index (χ0) is 26.4. The summed E-state index contributed by atoms with van der Waals surface area (Å²) in [6, 6.07) is 15.5. The van der Waals surface area contributed by atoms with E-state index in [-0.39, 0.29) is 48.0 Å². The van der Waals surface area contributed by atoms with Gasteiger partial charge < -0.3 is 15.0 Å². The van der Waals surface area contributed by atoms with Gasteiger partial charge in [0.25, 0.3) is 0 Å². The highest BCUT2D eigenvalue weighted by Crippen LogP contribution is 2.37. The van der Waals surface area contributed by atoms with Gasteiger partial charge in [-0.15, -0.1) is 0 Å². The highest BCUT2D eigenvalue weighted by atomic mass is 32.2. The van der Waals surface area contributed by atoms with Gasteiger partial charge in [-0.1, -0.05) is 30.3 Å². The van der Waals surface area contributed by atoms with E-state index in [1.807, 2.05) is 12.1 Å². The Labute approximate surface area is 220 Å². The van der Waals surface area contributed by atoms with Crippen molar-refractivity contribution in [3.8, 4) is 0 Å². The number of carbonyl (C=O) groups excluding carboxylic acids is 1. The first-order valence-electron chi connectivity index (χ1n) is 13.1. The summed E-state index contributed by atoms with van der Waals surface area (Å²) in [7, 11) is 0.538. The Morgan fingerprint density at radius 1 is 1.05 bits per heavy atom. The monoisotopic (exact) mass is 531 g/mol. The minimum atomic E-state index is -3.57. The molecule has 1 heterocycles. The van der Waals surface area contributed by atoms with Gasteiger partial charge in [0, 0.05) is 25.2 Å². The molecule has 0 bridgehead atoms. The number of ether oxygens (including phenoxy) is 1.